The Bertz CT molecular complexity index is 879. The second-order valence-corrected chi connectivity index (χ2v) is 6.09. The van der Waals surface area contributed by atoms with Gasteiger partial charge in [-0.25, -0.2) is 4.79 Å². The number of hydrogen-bond donors (Lipinski definition) is 0. The fraction of sp³-hybridized carbons (Fsp3) is 0.118. The molecule has 0 fully saturated rings. The number of rotatable bonds is 3. The van der Waals surface area contributed by atoms with Crippen molar-refractivity contribution in [3.05, 3.63) is 68.7 Å². The summed E-state index contributed by atoms with van der Waals surface area (Å²) in [7, 11) is 1.39. The maximum absolute atomic E-state index is 12.2. The van der Waals surface area contributed by atoms with Gasteiger partial charge in [0.25, 0.3) is 11.8 Å². The van der Waals surface area contributed by atoms with Gasteiger partial charge in [-0.2, -0.15) is 0 Å². The molecular formula is C17H11Cl2NO4. The van der Waals surface area contributed by atoms with E-state index in [9.17, 15) is 14.4 Å². The Morgan fingerprint density at radius 3 is 2.46 bits per heavy atom. The first-order valence-electron chi connectivity index (χ1n) is 6.96. The lowest BCUT2D eigenvalue weighted by Crippen LogP contribution is -2.24. The first-order chi connectivity index (χ1) is 11.4. The highest BCUT2D eigenvalue weighted by atomic mass is 35.5. The third-order valence-electron chi connectivity index (χ3n) is 3.70. The standard InChI is InChI=1S/C17H11Cl2NO4/c1-20-15(21)12-5-3-9(6-13(12)16(20)22)17(23)24-8-10-2-4-11(18)7-14(10)19/h2-7H,8H2,1H3. The van der Waals surface area contributed by atoms with Gasteiger partial charge in [0.05, 0.1) is 16.7 Å². The van der Waals surface area contributed by atoms with Crippen LogP contribution in [0.4, 0.5) is 0 Å². The van der Waals surface area contributed by atoms with Gasteiger partial charge in [-0.05, 0) is 30.3 Å². The lowest BCUT2D eigenvalue weighted by atomic mass is 10.1. The van der Waals surface area contributed by atoms with Gasteiger partial charge < -0.3 is 4.74 Å². The van der Waals surface area contributed by atoms with E-state index in [-0.39, 0.29) is 29.2 Å². The van der Waals surface area contributed by atoms with E-state index in [1.165, 1.54) is 25.2 Å². The highest BCUT2D eigenvalue weighted by Crippen LogP contribution is 2.24. The summed E-state index contributed by atoms with van der Waals surface area (Å²) in [6.07, 6.45) is 0. The van der Waals surface area contributed by atoms with E-state index in [1.807, 2.05) is 0 Å². The van der Waals surface area contributed by atoms with Gasteiger partial charge in [0, 0.05) is 22.7 Å². The van der Waals surface area contributed by atoms with E-state index in [0.29, 0.717) is 15.6 Å². The van der Waals surface area contributed by atoms with E-state index in [4.69, 9.17) is 27.9 Å². The van der Waals surface area contributed by atoms with Crippen LogP contribution in [-0.4, -0.2) is 29.7 Å². The van der Waals surface area contributed by atoms with Crippen molar-refractivity contribution in [1.29, 1.82) is 0 Å². The van der Waals surface area contributed by atoms with E-state index >= 15 is 0 Å². The van der Waals surface area contributed by atoms with Crippen molar-refractivity contribution in [1.82, 2.24) is 4.90 Å². The zero-order valence-electron chi connectivity index (χ0n) is 12.5. The molecule has 0 aromatic heterocycles. The fourth-order valence-electron chi connectivity index (χ4n) is 2.35. The minimum Gasteiger partial charge on any atom is -0.457 e. The molecule has 0 unspecified atom stereocenters. The molecule has 1 aliphatic heterocycles. The third-order valence-corrected chi connectivity index (χ3v) is 4.29. The molecule has 0 atom stereocenters. The van der Waals surface area contributed by atoms with Crippen molar-refractivity contribution >= 4 is 41.0 Å². The average Bonchev–Trinajstić information content (AvgIpc) is 2.78. The van der Waals surface area contributed by atoms with Crippen molar-refractivity contribution in [2.45, 2.75) is 6.61 Å². The summed E-state index contributed by atoms with van der Waals surface area (Å²) in [6, 6.07) is 9.14. The molecule has 122 valence electrons. The lowest BCUT2D eigenvalue weighted by molar-refractivity contribution is 0.0472. The van der Waals surface area contributed by atoms with Gasteiger partial charge in [0.2, 0.25) is 0 Å². The van der Waals surface area contributed by atoms with E-state index in [2.05, 4.69) is 0 Å². The number of halogens is 2. The number of hydrogen-bond acceptors (Lipinski definition) is 4. The summed E-state index contributed by atoms with van der Waals surface area (Å²) in [6.45, 7) is -0.0291. The normalized spacial score (nSPS) is 13.2. The van der Waals surface area contributed by atoms with Crippen LogP contribution in [0, 0.1) is 0 Å². The number of carbonyl (C=O) groups excluding carboxylic acids is 3. The van der Waals surface area contributed by atoms with Crippen LogP contribution in [0.1, 0.15) is 36.6 Å². The average molecular weight is 364 g/mol. The number of benzene rings is 2. The largest absolute Gasteiger partial charge is 0.457 e. The minimum atomic E-state index is -0.612. The summed E-state index contributed by atoms with van der Waals surface area (Å²) in [5.41, 5.74) is 1.28. The van der Waals surface area contributed by atoms with Crippen LogP contribution < -0.4 is 0 Å². The van der Waals surface area contributed by atoms with Crippen LogP contribution in [0.2, 0.25) is 10.0 Å². The summed E-state index contributed by atoms with van der Waals surface area (Å²) < 4.78 is 5.21. The molecular weight excluding hydrogens is 353 g/mol. The van der Waals surface area contributed by atoms with Crippen molar-refractivity contribution in [2.24, 2.45) is 0 Å². The first kappa shape index (κ1) is 16.5. The molecule has 0 spiro atoms. The molecule has 0 aliphatic carbocycles. The maximum Gasteiger partial charge on any atom is 0.338 e. The summed E-state index contributed by atoms with van der Waals surface area (Å²) in [5, 5.41) is 0.882. The Labute approximate surface area is 147 Å². The summed E-state index contributed by atoms with van der Waals surface area (Å²) in [5.74, 6) is -1.44. The molecule has 0 saturated carbocycles. The topological polar surface area (TPSA) is 63.7 Å². The first-order valence-corrected chi connectivity index (χ1v) is 7.71. The fourth-order valence-corrected chi connectivity index (χ4v) is 2.82. The van der Waals surface area contributed by atoms with Crippen molar-refractivity contribution in [3.8, 4) is 0 Å². The molecule has 0 radical (unpaired) electrons. The van der Waals surface area contributed by atoms with Gasteiger partial charge in [-0.3, -0.25) is 14.5 Å². The smallest absolute Gasteiger partial charge is 0.338 e. The Hall–Kier alpha value is -2.37. The number of amides is 2. The van der Waals surface area contributed by atoms with Crippen LogP contribution in [0.25, 0.3) is 0 Å². The molecule has 7 heteroatoms. The van der Waals surface area contributed by atoms with Crippen LogP contribution in [0.15, 0.2) is 36.4 Å². The number of fused-ring (bicyclic) bond motifs is 1. The highest BCUT2D eigenvalue weighted by Gasteiger charge is 2.33. The number of carbonyl (C=O) groups is 3. The quantitative estimate of drug-likeness (QED) is 0.617. The third kappa shape index (κ3) is 2.88. The number of ether oxygens (including phenoxy) is 1. The van der Waals surface area contributed by atoms with Crippen LogP contribution in [0.3, 0.4) is 0 Å². The molecule has 0 saturated heterocycles. The molecule has 2 aromatic rings. The highest BCUT2D eigenvalue weighted by molar-refractivity contribution is 6.35. The minimum absolute atomic E-state index is 0.0291. The van der Waals surface area contributed by atoms with Gasteiger partial charge in [-0.1, -0.05) is 29.3 Å². The second kappa shape index (κ2) is 6.26. The van der Waals surface area contributed by atoms with Crippen LogP contribution >= 0.6 is 23.2 Å². The van der Waals surface area contributed by atoms with Crippen LogP contribution in [0.5, 0.6) is 0 Å². The van der Waals surface area contributed by atoms with Crippen LogP contribution in [-0.2, 0) is 11.3 Å². The molecule has 2 amide bonds. The van der Waals surface area contributed by atoms with E-state index < -0.39 is 11.9 Å². The van der Waals surface area contributed by atoms with Gasteiger partial charge in [0.15, 0.2) is 0 Å². The molecule has 1 aliphatic rings. The molecule has 0 bridgehead atoms. The Morgan fingerprint density at radius 1 is 1.04 bits per heavy atom. The SMILES string of the molecule is CN1C(=O)c2ccc(C(=O)OCc3ccc(Cl)cc3Cl)cc2C1=O. The van der Waals surface area contributed by atoms with Gasteiger partial charge in [0.1, 0.15) is 6.61 Å². The molecule has 2 aromatic carbocycles. The number of esters is 1. The molecule has 5 nitrogen and oxygen atoms in total. The molecule has 0 N–H and O–H groups in total. The zero-order valence-corrected chi connectivity index (χ0v) is 14.0. The van der Waals surface area contributed by atoms with E-state index in [0.717, 1.165) is 4.90 Å². The molecule has 1 heterocycles. The lowest BCUT2D eigenvalue weighted by Gasteiger charge is -2.07. The number of nitrogens with zero attached hydrogens (tertiary/aromatic N) is 1. The summed E-state index contributed by atoms with van der Waals surface area (Å²) in [4.78, 5) is 37.0. The van der Waals surface area contributed by atoms with E-state index in [1.54, 1.807) is 18.2 Å². The molecule has 3 rings (SSSR count). The molecule has 24 heavy (non-hydrogen) atoms. The number of imide groups is 1. The second-order valence-electron chi connectivity index (χ2n) is 5.24. The predicted molar refractivity (Wildman–Crippen MR) is 88.4 cm³/mol. The summed E-state index contributed by atoms with van der Waals surface area (Å²) >= 11 is 11.8. The van der Waals surface area contributed by atoms with Crippen molar-refractivity contribution in [2.75, 3.05) is 7.05 Å². The Morgan fingerprint density at radius 2 is 1.75 bits per heavy atom. The van der Waals surface area contributed by atoms with Crippen molar-refractivity contribution in [3.63, 3.8) is 0 Å². The Kier molecular flexibility index (Phi) is 4.30. The predicted octanol–water partition coefficient (Wildman–Crippen LogP) is 3.58. The van der Waals surface area contributed by atoms with Crippen molar-refractivity contribution < 1.29 is 19.1 Å². The zero-order chi connectivity index (χ0) is 17.4. The monoisotopic (exact) mass is 363 g/mol. The maximum atomic E-state index is 12.2. The Balaban J connectivity index is 1.77. The van der Waals surface area contributed by atoms with Gasteiger partial charge in [-0.15, -0.1) is 0 Å². The van der Waals surface area contributed by atoms with Gasteiger partial charge >= 0.3 is 5.97 Å².